The summed E-state index contributed by atoms with van der Waals surface area (Å²) in [6, 6.07) is 11.8. The van der Waals surface area contributed by atoms with Crippen LogP contribution in [0.2, 0.25) is 0 Å². The molecule has 3 aromatic rings. The van der Waals surface area contributed by atoms with Crippen molar-refractivity contribution in [2.24, 2.45) is 13.0 Å². The normalized spacial score (nSPS) is 14.9. The largest absolute Gasteiger partial charge is 0.496 e. The van der Waals surface area contributed by atoms with Gasteiger partial charge in [0, 0.05) is 49.6 Å². The Morgan fingerprint density at radius 3 is 2.56 bits per heavy atom. The van der Waals surface area contributed by atoms with Crippen LogP contribution in [0.5, 0.6) is 5.75 Å². The topological polar surface area (TPSA) is 71.8 Å². The molecule has 2 aromatic carbocycles. The van der Waals surface area contributed by atoms with Crippen molar-refractivity contribution >= 4 is 22.8 Å². The summed E-state index contributed by atoms with van der Waals surface area (Å²) in [5, 5.41) is 10.4. The summed E-state index contributed by atoms with van der Waals surface area (Å²) in [5.41, 5.74) is 4.56. The standard InChI is InChI=1S/C28H34N2O4/c1-18(27(31)30(3)23-7-5-6-8-23)13-19-9-12-25-24(14-19)22(17-29(25)2)15-20-10-11-21(28(32)33)16-26(20)34-4/h9-12,14,16-18,23H,5-8,13,15H2,1-4H3,(H,32,33). The number of aryl methyl sites for hydroxylation is 1. The van der Waals surface area contributed by atoms with Gasteiger partial charge in [-0.1, -0.05) is 31.9 Å². The molecule has 180 valence electrons. The maximum Gasteiger partial charge on any atom is 0.335 e. The Hall–Kier alpha value is -3.28. The number of hydrogen-bond donors (Lipinski definition) is 1. The Labute approximate surface area is 201 Å². The van der Waals surface area contributed by atoms with E-state index in [0.717, 1.165) is 40.4 Å². The highest BCUT2D eigenvalue weighted by atomic mass is 16.5. The first-order valence-electron chi connectivity index (χ1n) is 12.0. The predicted molar refractivity (Wildman–Crippen MR) is 134 cm³/mol. The lowest BCUT2D eigenvalue weighted by Crippen LogP contribution is -2.39. The van der Waals surface area contributed by atoms with Gasteiger partial charge in [-0.05, 0) is 60.2 Å². The maximum absolute atomic E-state index is 13.0. The molecule has 1 saturated carbocycles. The Balaban J connectivity index is 1.57. The lowest BCUT2D eigenvalue weighted by Gasteiger charge is -2.27. The molecule has 1 aromatic heterocycles. The number of nitrogens with zero attached hydrogens (tertiary/aromatic N) is 2. The number of ether oxygens (including phenoxy) is 1. The summed E-state index contributed by atoms with van der Waals surface area (Å²) in [6.07, 6.45) is 8.11. The van der Waals surface area contributed by atoms with Gasteiger partial charge in [-0.15, -0.1) is 0 Å². The number of hydrogen-bond acceptors (Lipinski definition) is 3. The van der Waals surface area contributed by atoms with Crippen molar-refractivity contribution in [1.82, 2.24) is 9.47 Å². The highest BCUT2D eigenvalue weighted by molar-refractivity contribution is 5.88. The molecule has 1 atom stereocenters. The number of rotatable bonds is 8. The highest BCUT2D eigenvalue weighted by Gasteiger charge is 2.26. The summed E-state index contributed by atoms with van der Waals surface area (Å²) >= 11 is 0. The quantitative estimate of drug-likeness (QED) is 0.508. The molecule has 1 aliphatic carbocycles. The lowest BCUT2D eigenvalue weighted by molar-refractivity contribution is -0.135. The van der Waals surface area contributed by atoms with E-state index in [-0.39, 0.29) is 17.4 Å². The zero-order valence-corrected chi connectivity index (χ0v) is 20.5. The molecule has 6 heteroatoms. The third kappa shape index (κ3) is 4.81. The van der Waals surface area contributed by atoms with Crippen molar-refractivity contribution in [3.8, 4) is 5.75 Å². The Morgan fingerprint density at radius 2 is 1.88 bits per heavy atom. The van der Waals surface area contributed by atoms with Crippen molar-refractivity contribution in [3.05, 3.63) is 64.8 Å². The zero-order chi connectivity index (χ0) is 24.4. The van der Waals surface area contributed by atoms with E-state index in [0.29, 0.717) is 24.6 Å². The van der Waals surface area contributed by atoms with Gasteiger partial charge in [0.15, 0.2) is 0 Å². The minimum Gasteiger partial charge on any atom is -0.496 e. The molecule has 0 bridgehead atoms. The third-order valence-electron chi connectivity index (χ3n) is 7.23. The average molecular weight is 463 g/mol. The molecule has 4 rings (SSSR count). The molecule has 0 spiro atoms. The van der Waals surface area contributed by atoms with Crippen LogP contribution in [0.1, 0.15) is 59.7 Å². The fourth-order valence-electron chi connectivity index (χ4n) is 5.28. The fourth-order valence-corrected chi connectivity index (χ4v) is 5.28. The molecular formula is C28H34N2O4. The van der Waals surface area contributed by atoms with Crippen LogP contribution in [-0.4, -0.2) is 46.6 Å². The van der Waals surface area contributed by atoms with Crippen LogP contribution in [-0.2, 0) is 24.7 Å². The molecule has 0 saturated heterocycles. The first-order valence-corrected chi connectivity index (χ1v) is 12.0. The van der Waals surface area contributed by atoms with Crippen LogP contribution in [0.4, 0.5) is 0 Å². The van der Waals surface area contributed by atoms with Gasteiger partial charge in [-0.25, -0.2) is 4.79 Å². The van der Waals surface area contributed by atoms with E-state index < -0.39 is 5.97 Å². The van der Waals surface area contributed by atoms with Crippen LogP contribution < -0.4 is 4.74 Å². The molecule has 1 unspecified atom stereocenters. The summed E-state index contributed by atoms with van der Waals surface area (Å²) < 4.78 is 7.59. The SMILES string of the molecule is COc1cc(C(=O)O)ccc1Cc1cn(C)c2ccc(CC(C)C(=O)N(C)C3CCCC3)cc12. The fraction of sp³-hybridized carbons (Fsp3) is 0.429. The molecule has 1 N–H and O–H groups in total. The van der Waals surface area contributed by atoms with Crippen LogP contribution in [0.3, 0.4) is 0 Å². The van der Waals surface area contributed by atoms with Crippen molar-refractivity contribution < 1.29 is 19.4 Å². The minimum absolute atomic E-state index is 0.0705. The smallest absolute Gasteiger partial charge is 0.335 e. The molecular weight excluding hydrogens is 428 g/mol. The van der Waals surface area contributed by atoms with E-state index >= 15 is 0 Å². The second-order valence-electron chi connectivity index (χ2n) is 9.62. The van der Waals surface area contributed by atoms with Crippen molar-refractivity contribution in [1.29, 1.82) is 0 Å². The van der Waals surface area contributed by atoms with Gasteiger partial charge in [0.1, 0.15) is 5.75 Å². The molecule has 1 fully saturated rings. The van der Waals surface area contributed by atoms with Crippen LogP contribution in [0.25, 0.3) is 10.9 Å². The molecule has 1 amide bonds. The minimum atomic E-state index is -0.970. The van der Waals surface area contributed by atoms with E-state index in [1.807, 2.05) is 32.0 Å². The van der Waals surface area contributed by atoms with E-state index in [9.17, 15) is 14.7 Å². The second kappa shape index (κ2) is 9.92. The van der Waals surface area contributed by atoms with Crippen molar-refractivity contribution in [3.63, 3.8) is 0 Å². The molecule has 34 heavy (non-hydrogen) atoms. The first-order chi connectivity index (χ1) is 16.3. The maximum atomic E-state index is 13.0. The number of carboxylic acid groups (broad SMARTS) is 1. The molecule has 6 nitrogen and oxygen atoms in total. The number of aromatic nitrogens is 1. The van der Waals surface area contributed by atoms with Crippen molar-refractivity contribution in [2.45, 2.75) is 51.5 Å². The summed E-state index contributed by atoms with van der Waals surface area (Å²) in [5.74, 6) is -0.244. The Kier molecular flexibility index (Phi) is 6.96. The number of amides is 1. The predicted octanol–water partition coefficient (Wildman–Crippen LogP) is 5.06. The summed E-state index contributed by atoms with van der Waals surface area (Å²) in [6.45, 7) is 2.03. The van der Waals surface area contributed by atoms with Gasteiger partial charge in [0.25, 0.3) is 0 Å². The molecule has 1 aliphatic rings. The van der Waals surface area contributed by atoms with Gasteiger partial charge in [-0.3, -0.25) is 4.79 Å². The average Bonchev–Trinajstić information content (AvgIpc) is 3.47. The number of carbonyl (C=O) groups is 2. The number of carbonyl (C=O) groups excluding carboxylic acids is 1. The van der Waals surface area contributed by atoms with Crippen LogP contribution in [0.15, 0.2) is 42.6 Å². The van der Waals surface area contributed by atoms with E-state index in [4.69, 9.17) is 4.74 Å². The van der Waals surface area contributed by atoms with E-state index in [1.54, 1.807) is 19.2 Å². The van der Waals surface area contributed by atoms with Gasteiger partial charge in [-0.2, -0.15) is 0 Å². The van der Waals surface area contributed by atoms with E-state index in [1.165, 1.54) is 12.8 Å². The first kappa shape index (κ1) is 23.9. The summed E-state index contributed by atoms with van der Waals surface area (Å²) in [7, 11) is 5.54. The van der Waals surface area contributed by atoms with Crippen LogP contribution >= 0.6 is 0 Å². The molecule has 0 radical (unpaired) electrons. The summed E-state index contributed by atoms with van der Waals surface area (Å²) in [4.78, 5) is 26.3. The van der Waals surface area contributed by atoms with Crippen LogP contribution in [0, 0.1) is 5.92 Å². The Bertz CT molecular complexity index is 1210. The zero-order valence-electron chi connectivity index (χ0n) is 20.5. The number of carboxylic acids is 1. The van der Waals surface area contributed by atoms with Gasteiger partial charge < -0.3 is 19.3 Å². The molecule has 0 aliphatic heterocycles. The third-order valence-corrected chi connectivity index (χ3v) is 7.23. The second-order valence-corrected chi connectivity index (χ2v) is 9.62. The highest BCUT2D eigenvalue weighted by Crippen LogP contribution is 2.30. The number of benzene rings is 2. The van der Waals surface area contributed by atoms with Gasteiger partial charge in [0.2, 0.25) is 5.91 Å². The number of methoxy groups -OCH3 is 1. The molecule has 1 heterocycles. The van der Waals surface area contributed by atoms with Gasteiger partial charge >= 0.3 is 5.97 Å². The lowest BCUT2D eigenvalue weighted by atomic mass is 9.96. The van der Waals surface area contributed by atoms with Crippen molar-refractivity contribution in [2.75, 3.05) is 14.2 Å². The number of fused-ring (bicyclic) bond motifs is 1. The number of aromatic carboxylic acids is 1. The van der Waals surface area contributed by atoms with Gasteiger partial charge in [0.05, 0.1) is 12.7 Å². The monoisotopic (exact) mass is 462 g/mol. The Morgan fingerprint density at radius 1 is 1.15 bits per heavy atom. The van der Waals surface area contributed by atoms with E-state index in [2.05, 4.69) is 29.0 Å².